The summed E-state index contributed by atoms with van der Waals surface area (Å²) in [6, 6.07) is 5.52. The van der Waals surface area contributed by atoms with Gasteiger partial charge in [-0.3, -0.25) is 0 Å². The SMILES string of the molecule is CCOc1cc([C@@H](N)C2CCCC2)ccc1O.Cl. The highest BCUT2D eigenvalue weighted by molar-refractivity contribution is 5.85. The van der Waals surface area contributed by atoms with Crippen molar-refractivity contribution in [2.45, 2.75) is 38.6 Å². The summed E-state index contributed by atoms with van der Waals surface area (Å²) < 4.78 is 5.38. The van der Waals surface area contributed by atoms with Gasteiger partial charge in [0.15, 0.2) is 11.5 Å². The summed E-state index contributed by atoms with van der Waals surface area (Å²) in [5, 5.41) is 9.65. The van der Waals surface area contributed by atoms with Crippen molar-refractivity contribution in [2.24, 2.45) is 11.7 Å². The van der Waals surface area contributed by atoms with Gasteiger partial charge in [0.1, 0.15) is 0 Å². The standard InChI is InChI=1S/C14H21NO2.ClH/c1-2-17-13-9-11(7-8-12(13)16)14(15)10-5-3-4-6-10;/h7-10,14,16H,2-6,15H2,1H3;1H/t14-;/m0./s1. The fraction of sp³-hybridized carbons (Fsp3) is 0.571. The van der Waals surface area contributed by atoms with Crippen molar-refractivity contribution in [3.63, 3.8) is 0 Å². The number of rotatable bonds is 4. The molecule has 1 atom stereocenters. The molecular formula is C14H22ClNO2. The Morgan fingerprint density at radius 3 is 2.67 bits per heavy atom. The lowest BCUT2D eigenvalue weighted by molar-refractivity contribution is 0.316. The molecule has 0 heterocycles. The third kappa shape index (κ3) is 3.30. The zero-order valence-electron chi connectivity index (χ0n) is 10.8. The smallest absolute Gasteiger partial charge is 0.161 e. The van der Waals surface area contributed by atoms with Crippen molar-refractivity contribution >= 4 is 12.4 Å². The molecule has 0 saturated heterocycles. The minimum absolute atomic E-state index is 0. The van der Waals surface area contributed by atoms with E-state index in [1.807, 2.05) is 19.1 Å². The molecule has 0 spiro atoms. The van der Waals surface area contributed by atoms with Crippen molar-refractivity contribution in [3.05, 3.63) is 23.8 Å². The van der Waals surface area contributed by atoms with Crippen molar-refractivity contribution in [3.8, 4) is 11.5 Å². The van der Waals surface area contributed by atoms with Crippen LogP contribution in [0.3, 0.4) is 0 Å². The molecule has 0 radical (unpaired) electrons. The molecule has 1 aromatic carbocycles. The second-order valence-electron chi connectivity index (χ2n) is 4.73. The number of nitrogens with two attached hydrogens (primary N) is 1. The van der Waals surface area contributed by atoms with Crippen molar-refractivity contribution in [1.82, 2.24) is 0 Å². The van der Waals surface area contributed by atoms with Crippen molar-refractivity contribution in [2.75, 3.05) is 6.61 Å². The number of aromatic hydroxyl groups is 1. The number of ether oxygens (including phenoxy) is 1. The lowest BCUT2D eigenvalue weighted by atomic mass is 9.92. The molecule has 1 saturated carbocycles. The van der Waals surface area contributed by atoms with Crippen LogP contribution >= 0.6 is 12.4 Å². The Morgan fingerprint density at radius 1 is 1.39 bits per heavy atom. The lowest BCUT2D eigenvalue weighted by Gasteiger charge is -2.20. The van der Waals surface area contributed by atoms with Crippen molar-refractivity contribution in [1.29, 1.82) is 0 Å². The third-order valence-electron chi connectivity index (χ3n) is 3.58. The summed E-state index contributed by atoms with van der Waals surface area (Å²) in [7, 11) is 0. The van der Waals surface area contributed by atoms with E-state index in [1.165, 1.54) is 25.7 Å². The van der Waals surface area contributed by atoms with E-state index >= 15 is 0 Å². The van der Waals surface area contributed by atoms with E-state index in [4.69, 9.17) is 10.5 Å². The maximum atomic E-state index is 9.65. The van der Waals surface area contributed by atoms with E-state index in [1.54, 1.807) is 6.07 Å². The summed E-state index contributed by atoms with van der Waals surface area (Å²) >= 11 is 0. The van der Waals surface area contributed by atoms with Gasteiger partial charge in [-0.05, 0) is 43.4 Å². The molecule has 102 valence electrons. The van der Waals surface area contributed by atoms with Crippen LogP contribution in [0.5, 0.6) is 11.5 Å². The van der Waals surface area contributed by atoms with Crippen LogP contribution in [0.4, 0.5) is 0 Å². The van der Waals surface area contributed by atoms with Gasteiger partial charge in [-0.1, -0.05) is 18.9 Å². The molecule has 1 aromatic rings. The van der Waals surface area contributed by atoms with E-state index in [2.05, 4.69) is 0 Å². The summed E-state index contributed by atoms with van der Waals surface area (Å²) in [6.45, 7) is 2.46. The quantitative estimate of drug-likeness (QED) is 0.882. The molecule has 18 heavy (non-hydrogen) atoms. The summed E-state index contributed by atoms with van der Waals surface area (Å²) in [6.07, 6.45) is 5.00. The van der Waals surface area contributed by atoms with Gasteiger partial charge in [-0.15, -0.1) is 12.4 Å². The van der Waals surface area contributed by atoms with Crippen LogP contribution in [0.1, 0.15) is 44.2 Å². The average molecular weight is 272 g/mol. The molecule has 1 aliphatic carbocycles. The molecular weight excluding hydrogens is 250 g/mol. The van der Waals surface area contributed by atoms with Crippen LogP contribution < -0.4 is 10.5 Å². The average Bonchev–Trinajstić information content (AvgIpc) is 2.85. The van der Waals surface area contributed by atoms with Crippen LogP contribution in [-0.2, 0) is 0 Å². The first-order valence-electron chi connectivity index (χ1n) is 6.43. The minimum atomic E-state index is 0. The highest BCUT2D eigenvalue weighted by Gasteiger charge is 2.23. The molecule has 1 fully saturated rings. The molecule has 0 amide bonds. The van der Waals surface area contributed by atoms with E-state index in [0.717, 1.165) is 5.56 Å². The number of hydrogen-bond acceptors (Lipinski definition) is 3. The third-order valence-corrected chi connectivity index (χ3v) is 3.58. The monoisotopic (exact) mass is 271 g/mol. The normalized spacial score (nSPS) is 17.2. The first kappa shape index (κ1) is 15.1. The molecule has 0 aromatic heterocycles. The van der Waals surface area contributed by atoms with Crippen LogP contribution in [0.2, 0.25) is 0 Å². The van der Waals surface area contributed by atoms with Gasteiger partial charge in [-0.2, -0.15) is 0 Å². The van der Waals surface area contributed by atoms with Gasteiger partial charge in [0.25, 0.3) is 0 Å². The van der Waals surface area contributed by atoms with Gasteiger partial charge in [0.2, 0.25) is 0 Å². The van der Waals surface area contributed by atoms with E-state index in [9.17, 15) is 5.11 Å². The van der Waals surface area contributed by atoms with Gasteiger partial charge in [0, 0.05) is 6.04 Å². The van der Waals surface area contributed by atoms with Crippen LogP contribution in [0.15, 0.2) is 18.2 Å². The van der Waals surface area contributed by atoms with Crippen molar-refractivity contribution < 1.29 is 9.84 Å². The summed E-state index contributed by atoms with van der Waals surface area (Å²) in [5.74, 6) is 1.31. The fourth-order valence-electron chi connectivity index (χ4n) is 2.60. The largest absolute Gasteiger partial charge is 0.504 e. The molecule has 3 N–H and O–H groups in total. The Balaban J connectivity index is 0.00000162. The maximum Gasteiger partial charge on any atom is 0.161 e. The Bertz CT molecular complexity index is 378. The zero-order chi connectivity index (χ0) is 12.3. The maximum absolute atomic E-state index is 9.65. The van der Waals surface area contributed by atoms with Gasteiger partial charge < -0.3 is 15.6 Å². The van der Waals surface area contributed by atoms with Crippen LogP contribution in [0, 0.1) is 5.92 Å². The Labute approximate surface area is 115 Å². The van der Waals surface area contributed by atoms with E-state index < -0.39 is 0 Å². The number of hydrogen-bond donors (Lipinski definition) is 2. The topological polar surface area (TPSA) is 55.5 Å². The Hall–Kier alpha value is -0.930. The number of halogens is 1. The minimum Gasteiger partial charge on any atom is -0.504 e. The molecule has 1 aliphatic rings. The predicted molar refractivity (Wildman–Crippen MR) is 75.4 cm³/mol. The number of benzene rings is 1. The molecule has 4 heteroatoms. The number of phenols is 1. The highest BCUT2D eigenvalue weighted by atomic mass is 35.5. The second kappa shape index (κ2) is 6.86. The van der Waals surface area contributed by atoms with E-state index in [0.29, 0.717) is 18.3 Å². The summed E-state index contributed by atoms with van der Waals surface area (Å²) in [4.78, 5) is 0. The van der Waals surface area contributed by atoms with E-state index in [-0.39, 0.29) is 24.2 Å². The molecule has 0 unspecified atom stereocenters. The van der Waals surface area contributed by atoms with Crippen LogP contribution in [0.25, 0.3) is 0 Å². The first-order valence-corrected chi connectivity index (χ1v) is 6.43. The first-order chi connectivity index (χ1) is 8.22. The molecule has 0 aliphatic heterocycles. The highest BCUT2D eigenvalue weighted by Crippen LogP contribution is 2.36. The molecule has 0 bridgehead atoms. The van der Waals surface area contributed by atoms with Gasteiger partial charge >= 0.3 is 0 Å². The predicted octanol–water partition coefficient (Wildman–Crippen LogP) is 3.40. The van der Waals surface area contributed by atoms with Gasteiger partial charge in [-0.25, -0.2) is 0 Å². The second-order valence-corrected chi connectivity index (χ2v) is 4.73. The lowest BCUT2D eigenvalue weighted by Crippen LogP contribution is -2.19. The van der Waals surface area contributed by atoms with Crippen LogP contribution in [-0.4, -0.2) is 11.7 Å². The molecule has 2 rings (SSSR count). The number of phenolic OH excluding ortho intramolecular Hbond substituents is 1. The van der Waals surface area contributed by atoms with Gasteiger partial charge in [0.05, 0.1) is 6.61 Å². The zero-order valence-corrected chi connectivity index (χ0v) is 11.6. The fourth-order valence-corrected chi connectivity index (χ4v) is 2.60. The Morgan fingerprint density at radius 2 is 2.06 bits per heavy atom. The molecule has 3 nitrogen and oxygen atoms in total. The Kier molecular flexibility index (Phi) is 5.76. The summed E-state index contributed by atoms with van der Waals surface area (Å²) in [5.41, 5.74) is 7.35.